The van der Waals surface area contributed by atoms with E-state index in [4.69, 9.17) is 12.6 Å². The van der Waals surface area contributed by atoms with E-state index in [1.807, 2.05) is 0 Å². The molecule has 2 rings (SSSR count). The molecule has 2 aliphatic carbocycles. The van der Waals surface area contributed by atoms with Crippen molar-refractivity contribution in [3.05, 3.63) is 0 Å². The Hall–Kier alpha value is 0.350. The number of rotatable bonds is 2. The maximum absolute atomic E-state index is 4.70. The average molecular weight is 184 g/mol. The standard InChI is InChI=1S/C11H20S/c1-10(2)4-3-9(7-10)8-11(12)5-6-11/h9,12H,3-8H2,1-2H3. The predicted molar refractivity (Wildman–Crippen MR) is 56.7 cm³/mol. The molecule has 0 amide bonds. The molecule has 0 aromatic carbocycles. The number of hydrogen-bond acceptors (Lipinski definition) is 1. The van der Waals surface area contributed by atoms with Crippen LogP contribution >= 0.6 is 12.6 Å². The monoisotopic (exact) mass is 184 g/mol. The van der Waals surface area contributed by atoms with Crippen molar-refractivity contribution < 1.29 is 0 Å². The molecule has 0 N–H and O–H groups in total. The van der Waals surface area contributed by atoms with Gasteiger partial charge in [-0.15, -0.1) is 0 Å². The summed E-state index contributed by atoms with van der Waals surface area (Å²) in [6.07, 6.45) is 8.45. The van der Waals surface area contributed by atoms with E-state index in [1.165, 1.54) is 38.5 Å². The zero-order valence-electron chi connectivity index (χ0n) is 8.27. The summed E-state index contributed by atoms with van der Waals surface area (Å²) in [7, 11) is 0. The van der Waals surface area contributed by atoms with Crippen LogP contribution in [-0.4, -0.2) is 4.75 Å². The Morgan fingerprint density at radius 1 is 1.25 bits per heavy atom. The second-order valence-electron chi connectivity index (χ2n) is 5.70. The molecule has 0 bridgehead atoms. The Labute approximate surface area is 81.5 Å². The third kappa shape index (κ3) is 1.99. The summed E-state index contributed by atoms with van der Waals surface area (Å²) >= 11 is 4.70. The smallest absolute Gasteiger partial charge is 0.0133 e. The largest absolute Gasteiger partial charge is 0.172 e. The summed E-state index contributed by atoms with van der Waals surface area (Å²) in [6.45, 7) is 4.82. The van der Waals surface area contributed by atoms with Gasteiger partial charge in [0.2, 0.25) is 0 Å². The first kappa shape index (κ1) is 8.93. The molecule has 0 radical (unpaired) electrons. The van der Waals surface area contributed by atoms with Crippen molar-refractivity contribution in [2.24, 2.45) is 11.3 Å². The van der Waals surface area contributed by atoms with Gasteiger partial charge in [-0.2, -0.15) is 12.6 Å². The molecule has 1 atom stereocenters. The summed E-state index contributed by atoms with van der Waals surface area (Å²) in [4.78, 5) is 0. The lowest BCUT2D eigenvalue weighted by atomic mass is 9.89. The first-order valence-electron chi connectivity index (χ1n) is 5.22. The highest BCUT2D eigenvalue weighted by Crippen LogP contribution is 2.52. The Morgan fingerprint density at radius 3 is 2.33 bits per heavy atom. The third-order valence-corrected chi connectivity index (χ3v) is 4.20. The van der Waals surface area contributed by atoms with Crippen LogP contribution in [0.1, 0.15) is 52.4 Å². The lowest BCUT2D eigenvalue weighted by Crippen LogP contribution is -2.09. The average Bonchev–Trinajstić information content (AvgIpc) is 2.53. The molecular formula is C11H20S. The molecule has 12 heavy (non-hydrogen) atoms. The fourth-order valence-electron chi connectivity index (χ4n) is 2.64. The summed E-state index contributed by atoms with van der Waals surface area (Å²) in [6, 6.07) is 0. The second kappa shape index (κ2) is 2.67. The van der Waals surface area contributed by atoms with Gasteiger partial charge in [0, 0.05) is 4.75 Å². The predicted octanol–water partition coefficient (Wildman–Crippen LogP) is 3.67. The molecule has 2 aliphatic rings. The summed E-state index contributed by atoms with van der Waals surface area (Å²) in [5.74, 6) is 0.986. The van der Waals surface area contributed by atoms with Crippen LogP contribution < -0.4 is 0 Å². The van der Waals surface area contributed by atoms with Crippen LogP contribution in [0, 0.1) is 11.3 Å². The molecule has 2 saturated carbocycles. The minimum Gasteiger partial charge on any atom is -0.172 e. The van der Waals surface area contributed by atoms with E-state index in [9.17, 15) is 0 Å². The molecule has 0 aromatic heterocycles. The Bertz CT molecular complexity index is 179. The topological polar surface area (TPSA) is 0 Å². The van der Waals surface area contributed by atoms with Crippen LogP contribution in [0.15, 0.2) is 0 Å². The fourth-order valence-corrected chi connectivity index (χ4v) is 3.01. The quantitative estimate of drug-likeness (QED) is 0.622. The normalized spacial score (nSPS) is 36.8. The van der Waals surface area contributed by atoms with E-state index in [1.54, 1.807) is 0 Å². The molecule has 0 spiro atoms. The van der Waals surface area contributed by atoms with Gasteiger partial charge in [0.25, 0.3) is 0 Å². The lowest BCUT2D eigenvalue weighted by molar-refractivity contribution is 0.352. The minimum atomic E-state index is 0.477. The Morgan fingerprint density at radius 2 is 1.92 bits per heavy atom. The third-order valence-electron chi connectivity index (χ3n) is 3.57. The fraction of sp³-hybridized carbons (Fsp3) is 1.00. The second-order valence-corrected chi connectivity index (χ2v) is 6.65. The highest BCUT2D eigenvalue weighted by atomic mass is 32.1. The molecule has 70 valence electrons. The van der Waals surface area contributed by atoms with E-state index in [0.717, 1.165) is 5.92 Å². The maximum Gasteiger partial charge on any atom is 0.0133 e. The van der Waals surface area contributed by atoms with Crippen molar-refractivity contribution in [1.29, 1.82) is 0 Å². The summed E-state index contributed by atoms with van der Waals surface area (Å²) in [5.41, 5.74) is 0.629. The van der Waals surface area contributed by atoms with Gasteiger partial charge >= 0.3 is 0 Å². The Balaban J connectivity index is 1.84. The van der Waals surface area contributed by atoms with E-state index >= 15 is 0 Å². The van der Waals surface area contributed by atoms with Crippen molar-refractivity contribution >= 4 is 12.6 Å². The first-order chi connectivity index (χ1) is 5.49. The van der Waals surface area contributed by atoms with Gasteiger partial charge in [-0.3, -0.25) is 0 Å². The number of thiol groups is 1. The highest BCUT2D eigenvalue weighted by Gasteiger charge is 2.43. The van der Waals surface area contributed by atoms with Gasteiger partial charge < -0.3 is 0 Å². The molecule has 0 saturated heterocycles. The molecule has 0 nitrogen and oxygen atoms in total. The van der Waals surface area contributed by atoms with Gasteiger partial charge in [-0.05, 0) is 49.9 Å². The van der Waals surface area contributed by atoms with E-state index in [-0.39, 0.29) is 0 Å². The first-order valence-corrected chi connectivity index (χ1v) is 5.66. The summed E-state index contributed by atoms with van der Waals surface area (Å²) < 4.78 is 0.477. The van der Waals surface area contributed by atoms with Crippen LogP contribution in [0.3, 0.4) is 0 Å². The molecule has 0 aromatic rings. The zero-order chi connectivity index (χ0) is 8.82. The molecule has 0 heterocycles. The molecule has 2 fully saturated rings. The van der Waals surface area contributed by atoms with Crippen LogP contribution in [-0.2, 0) is 0 Å². The lowest BCUT2D eigenvalue weighted by Gasteiger charge is -2.18. The van der Waals surface area contributed by atoms with Crippen molar-refractivity contribution in [1.82, 2.24) is 0 Å². The van der Waals surface area contributed by atoms with Crippen LogP contribution in [0.4, 0.5) is 0 Å². The van der Waals surface area contributed by atoms with Gasteiger partial charge in [-0.25, -0.2) is 0 Å². The van der Waals surface area contributed by atoms with Crippen LogP contribution in [0.25, 0.3) is 0 Å². The molecule has 1 heteroatoms. The molecular weight excluding hydrogens is 164 g/mol. The van der Waals surface area contributed by atoms with Gasteiger partial charge in [0.15, 0.2) is 0 Å². The van der Waals surface area contributed by atoms with Crippen molar-refractivity contribution in [3.63, 3.8) is 0 Å². The molecule has 0 aliphatic heterocycles. The van der Waals surface area contributed by atoms with Crippen LogP contribution in [0.5, 0.6) is 0 Å². The molecule has 1 unspecified atom stereocenters. The highest BCUT2D eigenvalue weighted by molar-refractivity contribution is 7.82. The van der Waals surface area contributed by atoms with Crippen molar-refractivity contribution in [3.8, 4) is 0 Å². The maximum atomic E-state index is 4.70. The summed E-state index contributed by atoms with van der Waals surface area (Å²) in [5, 5.41) is 0. The van der Waals surface area contributed by atoms with Gasteiger partial charge in [-0.1, -0.05) is 13.8 Å². The van der Waals surface area contributed by atoms with Crippen molar-refractivity contribution in [2.45, 2.75) is 57.1 Å². The minimum absolute atomic E-state index is 0.477. The number of hydrogen-bond donors (Lipinski definition) is 1. The van der Waals surface area contributed by atoms with Gasteiger partial charge in [0.1, 0.15) is 0 Å². The van der Waals surface area contributed by atoms with E-state index in [0.29, 0.717) is 10.2 Å². The van der Waals surface area contributed by atoms with Crippen LogP contribution in [0.2, 0.25) is 0 Å². The SMILES string of the molecule is CC1(C)CCC(CC2(S)CC2)C1. The zero-order valence-corrected chi connectivity index (χ0v) is 9.16. The van der Waals surface area contributed by atoms with Crippen molar-refractivity contribution in [2.75, 3.05) is 0 Å². The van der Waals surface area contributed by atoms with Gasteiger partial charge in [0.05, 0.1) is 0 Å². The Kier molecular flexibility index (Phi) is 1.98. The van der Waals surface area contributed by atoms with E-state index in [2.05, 4.69) is 13.8 Å². The van der Waals surface area contributed by atoms with E-state index < -0.39 is 0 Å².